The number of nitrogens with two attached hydrogens (primary N) is 1. The van der Waals surface area contributed by atoms with Crippen molar-refractivity contribution in [1.29, 1.82) is 0 Å². The van der Waals surface area contributed by atoms with Crippen LogP contribution in [0.5, 0.6) is 0 Å². The molecule has 0 radical (unpaired) electrons. The molecular weight excluding hydrogens is 358 g/mol. The first-order chi connectivity index (χ1) is 9.42. The van der Waals surface area contributed by atoms with E-state index in [1.54, 1.807) is 6.07 Å². The molecule has 0 heterocycles. The summed E-state index contributed by atoms with van der Waals surface area (Å²) in [4.78, 5) is 11.9. The standard InChI is InChI=1S/C13H20BrN3O3S/c1-8(12(18)16-13(2,3)4)17-21(19,20)9-5-6-10(14)11(15)7-9/h5-8,17H,15H2,1-4H3,(H,16,18). The molecule has 4 N–H and O–H groups in total. The van der Waals surface area contributed by atoms with Crippen molar-refractivity contribution in [2.75, 3.05) is 5.73 Å². The Bertz CT molecular complexity index is 639. The van der Waals surface area contributed by atoms with Gasteiger partial charge in [-0.3, -0.25) is 4.79 Å². The highest BCUT2D eigenvalue weighted by atomic mass is 79.9. The van der Waals surface area contributed by atoms with Gasteiger partial charge in [0.05, 0.1) is 10.9 Å². The Morgan fingerprint density at radius 2 is 1.90 bits per heavy atom. The number of benzene rings is 1. The van der Waals surface area contributed by atoms with Crippen molar-refractivity contribution in [2.24, 2.45) is 0 Å². The first kappa shape index (κ1) is 17.9. The topological polar surface area (TPSA) is 101 Å². The van der Waals surface area contributed by atoms with E-state index in [0.717, 1.165) is 0 Å². The van der Waals surface area contributed by atoms with Gasteiger partial charge in [-0.2, -0.15) is 4.72 Å². The maximum Gasteiger partial charge on any atom is 0.241 e. The molecule has 118 valence electrons. The number of carbonyl (C=O) groups is 1. The Kier molecular flexibility index (Phi) is 5.40. The number of hydrogen-bond acceptors (Lipinski definition) is 4. The van der Waals surface area contributed by atoms with Crippen LogP contribution in [0.3, 0.4) is 0 Å². The average Bonchev–Trinajstić information content (AvgIpc) is 2.29. The minimum atomic E-state index is -3.81. The predicted octanol–water partition coefficient (Wildman–Crippen LogP) is 1.61. The Labute approximate surface area is 133 Å². The summed E-state index contributed by atoms with van der Waals surface area (Å²) in [7, 11) is -3.81. The number of nitrogen functional groups attached to an aromatic ring is 1. The van der Waals surface area contributed by atoms with Crippen molar-refractivity contribution in [1.82, 2.24) is 10.0 Å². The highest BCUT2D eigenvalue weighted by Gasteiger charge is 2.24. The second-order valence-electron chi connectivity index (χ2n) is 5.77. The molecule has 1 aromatic carbocycles. The lowest BCUT2D eigenvalue weighted by Crippen LogP contribution is -2.50. The first-order valence-corrected chi connectivity index (χ1v) is 8.59. The maximum atomic E-state index is 12.2. The van der Waals surface area contributed by atoms with Gasteiger partial charge in [0.25, 0.3) is 0 Å². The van der Waals surface area contributed by atoms with Gasteiger partial charge in [-0.1, -0.05) is 0 Å². The number of rotatable bonds is 4. The van der Waals surface area contributed by atoms with E-state index in [2.05, 4.69) is 26.0 Å². The fourth-order valence-corrected chi connectivity index (χ4v) is 3.01. The number of carbonyl (C=O) groups excluding carboxylic acids is 1. The van der Waals surface area contributed by atoms with Crippen LogP contribution in [-0.4, -0.2) is 25.9 Å². The third-order valence-electron chi connectivity index (χ3n) is 2.50. The molecule has 0 saturated heterocycles. The van der Waals surface area contributed by atoms with Gasteiger partial charge in [0.15, 0.2) is 0 Å². The lowest BCUT2D eigenvalue weighted by Gasteiger charge is -2.23. The molecule has 0 aliphatic carbocycles. The molecule has 21 heavy (non-hydrogen) atoms. The summed E-state index contributed by atoms with van der Waals surface area (Å²) in [6.07, 6.45) is 0. The van der Waals surface area contributed by atoms with Crippen LogP contribution in [0.2, 0.25) is 0 Å². The predicted molar refractivity (Wildman–Crippen MR) is 86.2 cm³/mol. The van der Waals surface area contributed by atoms with Crippen molar-refractivity contribution >= 4 is 37.5 Å². The van der Waals surface area contributed by atoms with Gasteiger partial charge in [-0.25, -0.2) is 8.42 Å². The minimum absolute atomic E-state index is 0.0126. The molecule has 1 rings (SSSR count). The van der Waals surface area contributed by atoms with Gasteiger partial charge in [-0.15, -0.1) is 0 Å². The van der Waals surface area contributed by atoms with Crippen LogP contribution in [0.25, 0.3) is 0 Å². The van der Waals surface area contributed by atoms with E-state index < -0.39 is 27.5 Å². The van der Waals surface area contributed by atoms with Gasteiger partial charge >= 0.3 is 0 Å². The maximum absolute atomic E-state index is 12.2. The van der Waals surface area contributed by atoms with E-state index >= 15 is 0 Å². The van der Waals surface area contributed by atoms with E-state index in [1.807, 2.05) is 20.8 Å². The van der Waals surface area contributed by atoms with Gasteiger partial charge in [0, 0.05) is 15.7 Å². The van der Waals surface area contributed by atoms with Crippen molar-refractivity contribution < 1.29 is 13.2 Å². The monoisotopic (exact) mass is 377 g/mol. The largest absolute Gasteiger partial charge is 0.398 e. The van der Waals surface area contributed by atoms with Crippen LogP contribution in [0, 0.1) is 0 Å². The number of halogens is 1. The van der Waals surface area contributed by atoms with Crippen LogP contribution in [-0.2, 0) is 14.8 Å². The number of sulfonamides is 1. The highest BCUT2D eigenvalue weighted by Crippen LogP contribution is 2.22. The Morgan fingerprint density at radius 3 is 2.38 bits per heavy atom. The molecule has 0 fully saturated rings. The zero-order chi connectivity index (χ0) is 16.4. The lowest BCUT2D eigenvalue weighted by atomic mass is 10.1. The molecule has 1 unspecified atom stereocenters. The van der Waals surface area contributed by atoms with Crippen LogP contribution in [0.4, 0.5) is 5.69 Å². The second kappa shape index (κ2) is 6.33. The normalized spacial score (nSPS) is 13.8. The fourth-order valence-electron chi connectivity index (χ4n) is 1.52. The summed E-state index contributed by atoms with van der Waals surface area (Å²) >= 11 is 3.20. The molecule has 0 aliphatic rings. The number of nitrogens with one attached hydrogen (secondary N) is 2. The Hall–Kier alpha value is -1.12. The number of hydrogen-bond donors (Lipinski definition) is 3. The third kappa shape index (κ3) is 5.29. The third-order valence-corrected chi connectivity index (χ3v) is 4.76. The lowest BCUT2D eigenvalue weighted by molar-refractivity contribution is -0.123. The molecule has 1 amide bonds. The molecule has 0 aliphatic heterocycles. The Balaban J connectivity index is 2.89. The van der Waals surface area contributed by atoms with Crippen LogP contribution >= 0.6 is 15.9 Å². The molecule has 0 saturated carbocycles. The van der Waals surface area contributed by atoms with E-state index in [-0.39, 0.29) is 4.90 Å². The van der Waals surface area contributed by atoms with E-state index in [9.17, 15) is 13.2 Å². The molecule has 0 spiro atoms. The van der Waals surface area contributed by atoms with Crippen LogP contribution in [0.1, 0.15) is 27.7 Å². The Morgan fingerprint density at radius 1 is 1.33 bits per heavy atom. The van der Waals surface area contributed by atoms with E-state index in [1.165, 1.54) is 19.1 Å². The zero-order valence-corrected chi connectivity index (χ0v) is 14.8. The molecule has 0 bridgehead atoms. The average molecular weight is 378 g/mol. The summed E-state index contributed by atoms with van der Waals surface area (Å²) in [5.41, 5.74) is 5.55. The summed E-state index contributed by atoms with van der Waals surface area (Å²) in [5, 5.41) is 2.72. The van der Waals surface area contributed by atoms with Gasteiger partial charge in [0.2, 0.25) is 15.9 Å². The summed E-state index contributed by atoms with van der Waals surface area (Å²) < 4.78 is 27.4. The number of anilines is 1. The molecule has 1 aromatic rings. The minimum Gasteiger partial charge on any atom is -0.398 e. The summed E-state index contributed by atoms with van der Waals surface area (Å²) in [5.74, 6) is -0.392. The van der Waals surface area contributed by atoms with Crippen LogP contribution < -0.4 is 15.8 Å². The van der Waals surface area contributed by atoms with Crippen molar-refractivity contribution in [3.8, 4) is 0 Å². The highest BCUT2D eigenvalue weighted by molar-refractivity contribution is 9.10. The zero-order valence-electron chi connectivity index (χ0n) is 12.4. The SMILES string of the molecule is CC(NS(=O)(=O)c1ccc(Br)c(N)c1)C(=O)NC(C)(C)C. The first-order valence-electron chi connectivity index (χ1n) is 6.32. The van der Waals surface area contributed by atoms with E-state index in [4.69, 9.17) is 5.73 Å². The van der Waals surface area contributed by atoms with Gasteiger partial charge in [0.1, 0.15) is 0 Å². The van der Waals surface area contributed by atoms with Crippen molar-refractivity contribution in [3.05, 3.63) is 22.7 Å². The molecule has 8 heteroatoms. The van der Waals surface area contributed by atoms with Gasteiger partial charge < -0.3 is 11.1 Å². The van der Waals surface area contributed by atoms with Crippen molar-refractivity contribution in [3.63, 3.8) is 0 Å². The fraction of sp³-hybridized carbons (Fsp3) is 0.462. The smallest absolute Gasteiger partial charge is 0.241 e. The van der Waals surface area contributed by atoms with Crippen LogP contribution in [0.15, 0.2) is 27.6 Å². The van der Waals surface area contributed by atoms with Gasteiger partial charge in [-0.05, 0) is 61.8 Å². The van der Waals surface area contributed by atoms with E-state index in [0.29, 0.717) is 10.2 Å². The molecular formula is C13H20BrN3O3S. The molecule has 6 nitrogen and oxygen atoms in total. The molecule has 1 atom stereocenters. The second-order valence-corrected chi connectivity index (χ2v) is 8.33. The summed E-state index contributed by atoms with van der Waals surface area (Å²) in [6.45, 7) is 6.95. The summed E-state index contributed by atoms with van der Waals surface area (Å²) in [6, 6.07) is 3.40. The molecule has 0 aromatic heterocycles. The van der Waals surface area contributed by atoms with Crippen molar-refractivity contribution in [2.45, 2.75) is 44.2 Å². The number of amides is 1. The quantitative estimate of drug-likeness (QED) is 0.693.